The van der Waals surface area contributed by atoms with Crippen LogP contribution in [-0.2, 0) is 6.54 Å². The fourth-order valence-corrected chi connectivity index (χ4v) is 1.90. The number of hydrogen-bond donors (Lipinski definition) is 2. The molecule has 1 aromatic carbocycles. The normalized spacial score (nSPS) is 10.3. The molecule has 0 unspecified atom stereocenters. The predicted octanol–water partition coefficient (Wildman–Crippen LogP) is 1.30. The van der Waals surface area contributed by atoms with E-state index < -0.39 is 0 Å². The minimum atomic E-state index is -0.249. The van der Waals surface area contributed by atoms with Crippen molar-refractivity contribution in [3.05, 3.63) is 40.3 Å². The van der Waals surface area contributed by atoms with E-state index in [1.165, 1.54) is 6.07 Å². The molecule has 0 spiro atoms. The van der Waals surface area contributed by atoms with Crippen molar-refractivity contribution in [1.82, 2.24) is 9.97 Å². The van der Waals surface area contributed by atoms with E-state index in [4.69, 9.17) is 15.2 Å². The molecule has 0 radical (unpaired) electrons. The van der Waals surface area contributed by atoms with Crippen molar-refractivity contribution >= 4 is 0 Å². The maximum atomic E-state index is 11.6. The smallest absolute Gasteiger partial charge is 0.251 e. The Morgan fingerprint density at radius 3 is 2.85 bits per heavy atom. The lowest BCUT2D eigenvalue weighted by atomic mass is 10.1. The highest BCUT2D eigenvalue weighted by Gasteiger charge is 2.14. The number of ether oxygens (including phenoxy) is 2. The van der Waals surface area contributed by atoms with Crippen molar-refractivity contribution in [1.29, 1.82) is 0 Å². The summed E-state index contributed by atoms with van der Waals surface area (Å²) in [6.45, 7) is 2.56. The summed E-state index contributed by atoms with van der Waals surface area (Å²) < 4.78 is 10.9. The van der Waals surface area contributed by atoms with Gasteiger partial charge in [0.25, 0.3) is 5.56 Å². The van der Waals surface area contributed by atoms with E-state index in [1.807, 2.05) is 19.1 Å². The SMILES string of the molecule is CCOc1c(OC)cccc1-c1nc(CN)cc(=O)[nH]1. The molecule has 1 aromatic heterocycles. The molecule has 0 aliphatic carbocycles. The topological polar surface area (TPSA) is 90.2 Å². The first-order chi connectivity index (χ1) is 9.69. The van der Waals surface area contributed by atoms with E-state index in [0.717, 1.165) is 0 Å². The summed E-state index contributed by atoms with van der Waals surface area (Å²) in [5.41, 5.74) is 6.49. The molecule has 106 valence electrons. The van der Waals surface area contributed by atoms with Gasteiger partial charge in [-0.15, -0.1) is 0 Å². The monoisotopic (exact) mass is 275 g/mol. The van der Waals surface area contributed by atoms with Crippen LogP contribution < -0.4 is 20.8 Å². The van der Waals surface area contributed by atoms with Gasteiger partial charge in [-0.1, -0.05) is 6.07 Å². The third-order valence-corrected chi connectivity index (χ3v) is 2.75. The van der Waals surface area contributed by atoms with Crippen LogP contribution in [0.1, 0.15) is 12.6 Å². The Balaban J connectivity index is 2.62. The number of benzene rings is 1. The number of rotatable bonds is 5. The lowest BCUT2D eigenvalue weighted by Crippen LogP contribution is -2.13. The Hall–Kier alpha value is -2.34. The van der Waals surface area contributed by atoms with Crippen molar-refractivity contribution in [3.63, 3.8) is 0 Å². The predicted molar refractivity (Wildman–Crippen MR) is 75.9 cm³/mol. The van der Waals surface area contributed by atoms with E-state index in [9.17, 15) is 4.79 Å². The summed E-state index contributed by atoms with van der Waals surface area (Å²) in [6.07, 6.45) is 0. The zero-order valence-corrected chi connectivity index (χ0v) is 11.5. The van der Waals surface area contributed by atoms with E-state index in [0.29, 0.717) is 35.2 Å². The van der Waals surface area contributed by atoms with Gasteiger partial charge in [-0.3, -0.25) is 4.79 Å². The zero-order valence-electron chi connectivity index (χ0n) is 11.5. The fraction of sp³-hybridized carbons (Fsp3) is 0.286. The molecule has 20 heavy (non-hydrogen) atoms. The maximum Gasteiger partial charge on any atom is 0.251 e. The molecule has 0 saturated carbocycles. The van der Waals surface area contributed by atoms with Gasteiger partial charge in [0, 0.05) is 12.6 Å². The van der Waals surface area contributed by atoms with Crippen LogP contribution >= 0.6 is 0 Å². The second-order valence-corrected chi connectivity index (χ2v) is 4.06. The van der Waals surface area contributed by atoms with Gasteiger partial charge < -0.3 is 20.2 Å². The van der Waals surface area contributed by atoms with Crippen molar-refractivity contribution in [2.24, 2.45) is 5.73 Å². The lowest BCUT2D eigenvalue weighted by molar-refractivity contribution is 0.312. The summed E-state index contributed by atoms with van der Waals surface area (Å²) in [7, 11) is 1.56. The van der Waals surface area contributed by atoms with E-state index >= 15 is 0 Å². The minimum absolute atomic E-state index is 0.199. The van der Waals surface area contributed by atoms with Crippen LogP contribution in [0.25, 0.3) is 11.4 Å². The first-order valence-electron chi connectivity index (χ1n) is 6.30. The highest BCUT2D eigenvalue weighted by molar-refractivity contribution is 5.68. The number of methoxy groups -OCH3 is 1. The van der Waals surface area contributed by atoms with Gasteiger partial charge >= 0.3 is 0 Å². The Morgan fingerprint density at radius 2 is 2.20 bits per heavy atom. The molecular weight excluding hydrogens is 258 g/mol. The maximum absolute atomic E-state index is 11.6. The summed E-state index contributed by atoms with van der Waals surface area (Å²) in [5, 5.41) is 0. The van der Waals surface area contributed by atoms with Gasteiger partial charge in [-0.25, -0.2) is 4.98 Å². The van der Waals surface area contributed by atoms with Gasteiger partial charge in [0.05, 0.1) is 25.0 Å². The number of aromatic amines is 1. The first kappa shape index (κ1) is 14.1. The number of para-hydroxylation sites is 1. The fourth-order valence-electron chi connectivity index (χ4n) is 1.90. The first-order valence-corrected chi connectivity index (χ1v) is 6.30. The largest absolute Gasteiger partial charge is 0.493 e. The highest BCUT2D eigenvalue weighted by Crippen LogP contribution is 2.36. The average molecular weight is 275 g/mol. The van der Waals surface area contributed by atoms with Gasteiger partial charge in [0.2, 0.25) is 0 Å². The molecule has 0 aliphatic heterocycles. The number of nitrogens with zero attached hydrogens (tertiary/aromatic N) is 1. The lowest BCUT2D eigenvalue weighted by Gasteiger charge is -2.13. The van der Waals surface area contributed by atoms with E-state index in [1.54, 1.807) is 13.2 Å². The average Bonchev–Trinajstić information content (AvgIpc) is 2.47. The third kappa shape index (κ3) is 2.80. The third-order valence-electron chi connectivity index (χ3n) is 2.75. The standard InChI is InChI=1S/C14H17N3O3/c1-3-20-13-10(5-4-6-11(13)19-2)14-16-9(8-15)7-12(18)17-14/h4-7H,3,8,15H2,1-2H3,(H,16,17,18). The Kier molecular flexibility index (Phi) is 4.37. The Labute approximate surface area is 116 Å². The van der Waals surface area contributed by atoms with E-state index in [2.05, 4.69) is 9.97 Å². The second-order valence-electron chi connectivity index (χ2n) is 4.06. The molecule has 1 heterocycles. The van der Waals surface area contributed by atoms with Crippen LogP contribution in [-0.4, -0.2) is 23.7 Å². The van der Waals surface area contributed by atoms with Crippen LogP contribution in [0.4, 0.5) is 0 Å². The van der Waals surface area contributed by atoms with Crippen LogP contribution in [0.5, 0.6) is 11.5 Å². The molecular formula is C14H17N3O3. The van der Waals surface area contributed by atoms with Crippen molar-refractivity contribution in [3.8, 4) is 22.9 Å². The number of hydrogen-bond acceptors (Lipinski definition) is 5. The molecule has 2 aromatic rings. The highest BCUT2D eigenvalue weighted by atomic mass is 16.5. The summed E-state index contributed by atoms with van der Waals surface area (Å²) in [5.74, 6) is 1.56. The van der Waals surface area contributed by atoms with Crippen molar-refractivity contribution in [2.75, 3.05) is 13.7 Å². The van der Waals surface area contributed by atoms with Crippen LogP contribution in [0.2, 0.25) is 0 Å². The van der Waals surface area contributed by atoms with Crippen LogP contribution in [0, 0.1) is 0 Å². The second kappa shape index (κ2) is 6.21. The van der Waals surface area contributed by atoms with Gasteiger partial charge in [-0.2, -0.15) is 0 Å². The van der Waals surface area contributed by atoms with E-state index in [-0.39, 0.29) is 12.1 Å². The molecule has 0 bridgehead atoms. The molecule has 0 aliphatic rings. The Morgan fingerprint density at radius 1 is 1.40 bits per heavy atom. The van der Waals surface area contributed by atoms with Crippen LogP contribution in [0.15, 0.2) is 29.1 Å². The number of nitrogens with one attached hydrogen (secondary N) is 1. The Bertz CT molecular complexity index is 652. The van der Waals surface area contributed by atoms with Gasteiger partial charge in [-0.05, 0) is 19.1 Å². The molecule has 6 nitrogen and oxygen atoms in total. The zero-order chi connectivity index (χ0) is 14.5. The molecule has 3 N–H and O–H groups in total. The number of aromatic nitrogens is 2. The van der Waals surface area contributed by atoms with Gasteiger partial charge in [0.1, 0.15) is 5.82 Å². The number of nitrogens with two attached hydrogens (primary N) is 1. The summed E-state index contributed by atoms with van der Waals surface area (Å²) in [6, 6.07) is 6.79. The summed E-state index contributed by atoms with van der Waals surface area (Å²) in [4.78, 5) is 18.7. The molecule has 0 amide bonds. The van der Waals surface area contributed by atoms with Crippen LogP contribution in [0.3, 0.4) is 0 Å². The minimum Gasteiger partial charge on any atom is -0.493 e. The molecule has 0 atom stereocenters. The molecule has 0 saturated heterocycles. The quantitative estimate of drug-likeness (QED) is 0.858. The molecule has 6 heteroatoms. The molecule has 0 fully saturated rings. The number of H-pyrrole nitrogens is 1. The van der Waals surface area contributed by atoms with Crippen molar-refractivity contribution in [2.45, 2.75) is 13.5 Å². The molecule has 2 rings (SSSR count). The van der Waals surface area contributed by atoms with Gasteiger partial charge in [0.15, 0.2) is 11.5 Å². The summed E-state index contributed by atoms with van der Waals surface area (Å²) >= 11 is 0. The van der Waals surface area contributed by atoms with Crippen molar-refractivity contribution < 1.29 is 9.47 Å².